The van der Waals surface area contributed by atoms with Crippen molar-refractivity contribution in [1.82, 2.24) is 0 Å². The number of nitriles is 1. The first-order chi connectivity index (χ1) is 10.1. The summed E-state index contributed by atoms with van der Waals surface area (Å²) < 4.78 is 4.99. The summed E-state index contributed by atoms with van der Waals surface area (Å²) in [5.74, 6) is -1.06. The van der Waals surface area contributed by atoms with Crippen molar-refractivity contribution >= 4 is 17.6 Å². The van der Waals surface area contributed by atoms with E-state index in [9.17, 15) is 9.59 Å². The third-order valence-corrected chi connectivity index (χ3v) is 3.60. The van der Waals surface area contributed by atoms with E-state index in [-0.39, 0.29) is 12.3 Å². The highest BCUT2D eigenvalue weighted by Crippen LogP contribution is 2.29. The van der Waals surface area contributed by atoms with E-state index in [0.717, 1.165) is 17.7 Å². The van der Waals surface area contributed by atoms with Crippen LogP contribution >= 0.6 is 0 Å². The van der Waals surface area contributed by atoms with Crippen LogP contribution in [0.15, 0.2) is 24.3 Å². The molecule has 0 bridgehead atoms. The fourth-order valence-corrected chi connectivity index (χ4v) is 2.47. The van der Waals surface area contributed by atoms with Crippen molar-refractivity contribution in [3.8, 4) is 6.07 Å². The van der Waals surface area contributed by atoms with E-state index < -0.39 is 18.0 Å². The second-order valence-corrected chi connectivity index (χ2v) is 5.10. The molecular weight excluding hydrogens is 268 g/mol. The first kappa shape index (κ1) is 15.0. The Bertz CT molecular complexity index is 591. The Morgan fingerprint density at radius 1 is 1.52 bits per heavy atom. The van der Waals surface area contributed by atoms with E-state index in [1.54, 1.807) is 4.90 Å². The maximum Gasteiger partial charge on any atom is 0.312 e. The Labute approximate surface area is 124 Å². The number of anilines is 1. The lowest BCUT2D eigenvalue weighted by atomic mass is 10.1. The average molecular weight is 286 g/mol. The van der Waals surface area contributed by atoms with Crippen molar-refractivity contribution in [2.75, 3.05) is 11.4 Å². The number of aryl methyl sites for hydroxylation is 1. The molecule has 5 nitrogen and oxygen atoms in total. The Morgan fingerprint density at radius 2 is 2.24 bits per heavy atom. The molecule has 0 unspecified atom stereocenters. The molecule has 1 aliphatic rings. The molecule has 5 heteroatoms. The highest BCUT2D eigenvalue weighted by Gasteiger charge is 2.37. The number of benzene rings is 1. The molecule has 1 saturated heterocycles. The van der Waals surface area contributed by atoms with Crippen LogP contribution in [0.3, 0.4) is 0 Å². The van der Waals surface area contributed by atoms with E-state index in [4.69, 9.17) is 10.00 Å². The van der Waals surface area contributed by atoms with Crippen LogP contribution in [0.5, 0.6) is 0 Å². The van der Waals surface area contributed by atoms with Crippen molar-refractivity contribution in [2.45, 2.75) is 32.8 Å². The molecule has 0 aromatic heterocycles. The number of hydrogen-bond donors (Lipinski definition) is 0. The minimum absolute atomic E-state index is 0.0811. The molecule has 1 fully saturated rings. The average Bonchev–Trinajstić information content (AvgIpc) is 2.89. The summed E-state index contributed by atoms with van der Waals surface area (Å²) in [7, 11) is 0. The molecule has 0 N–H and O–H groups in total. The molecule has 0 aliphatic carbocycles. The van der Waals surface area contributed by atoms with Gasteiger partial charge >= 0.3 is 5.97 Å². The van der Waals surface area contributed by atoms with Gasteiger partial charge in [-0.3, -0.25) is 9.59 Å². The van der Waals surface area contributed by atoms with Crippen LogP contribution in [0.1, 0.15) is 25.8 Å². The summed E-state index contributed by atoms with van der Waals surface area (Å²) in [6.07, 6.45) is 0.167. The largest absolute Gasteiger partial charge is 0.447 e. The van der Waals surface area contributed by atoms with Crippen LogP contribution in [0.25, 0.3) is 0 Å². The molecule has 1 aromatic carbocycles. The maximum absolute atomic E-state index is 12.2. The first-order valence-electron chi connectivity index (χ1n) is 7.05. The van der Waals surface area contributed by atoms with Crippen LogP contribution in [0.2, 0.25) is 0 Å². The summed E-state index contributed by atoms with van der Waals surface area (Å²) in [6, 6.07) is 9.53. The standard InChI is InChI=1S/C16H18N2O3/c1-3-12-6-4-5-7-14(12)18-10-13(8-15(18)19)16(20)21-11(2)9-17/h4-7,11,13H,3,8,10H2,1-2H3/t11-,13-/m0/s1. The number of nitrogens with zero attached hydrogens (tertiary/aromatic N) is 2. The predicted octanol–water partition coefficient (Wildman–Crippen LogP) is 2.06. The highest BCUT2D eigenvalue weighted by molar-refractivity contribution is 6.00. The topological polar surface area (TPSA) is 70.4 Å². The van der Waals surface area contributed by atoms with Gasteiger partial charge in [-0.2, -0.15) is 5.26 Å². The second-order valence-electron chi connectivity index (χ2n) is 5.10. The summed E-state index contributed by atoms with van der Waals surface area (Å²) in [6.45, 7) is 3.85. The minimum atomic E-state index is -0.787. The van der Waals surface area contributed by atoms with Gasteiger partial charge in [0.2, 0.25) is 5.91 Å². The van der Waals surface area contributed by atoms with Gasteiger partial charge in [0, 0.05) is 18.7 Å². The highest BCUT2D eigenvalue weighted by atomic mass is 16.5. The summed E-state index contributed by atoms with van der Waals surface area (Å²) >= 11 is 0. The zero-order chi connectivity index (χ0) is 15.4. The van der Waals surface area contributed by atoms with Crippen LogP contribution in [-0.2, 0) is 20.7 Å². The van der Waals surface area contributed by atoms with Gasteiger partial charge in [0.15, 0.2) is 6.10 Å². The lowest BCUT2D eigenvalue weighted by Crippen LogP contribution is -2.28. The van der Waals surface area contributed by atoms with E-state index in [0.29, 0.717) is 6.54 Å². The lowest BCUT2D eigenvalue weighted by molar-refractivity contribution is -0.150. The molecule has 0 saturated carbocycles. The summed E-state index contributed by atoms with van der Waals surface area (Å²) in [5, 5.41) is 8.67. The molecule has 1 aromatic rings. The number of carbonyl (C=O) groups is 2. The smallest absolute Gasteiger partial charge is 0.312 e. The van der Waals surface area contributed by atoms with Gasteiger partial charge in [0.05, 0.1) is 5.92 Å². The van der Waals surface area contributed by atoms with Gasteiger partial charge in [-0.15, -0.1) is 0 Å². The van der Waals surface area contributed by atoms with E-state index in [1.165, 1.54) is 6.92 Å². The van der Waals surface area contributed by atoms with Gasteiger partial charge in [-0.05, 0) is 25.0 Å². The van der Waals surface area contributed by atoms with Gasteiger partial charge < -0.3 is 9.64 Å². The predicted molar refractivity (Wildman–Crippen MR) is 77.4 cm³/mol. The van der Waals surface area contributed by atoms with Crippen LogP contribution in [0.4, 0.5) is 5.69 Å². The molecule has 1 heterocycles. The van der Waals surface area contributed by atoms with E-state index in [1.807, 2.05) is 37.3 Å². The lowest BCUT2D eigenvalue weighted by Gasteiger charge is -2.19. The normalized spacial score (nSPS) is 19.2. The third-order valence-electron chi connectivity index (χ3n) is 3.60. The van der Waals surface area contributed by atoms with Crippen molar-refractivity contribution in [1.29, 1.82) is 5.26 Å². The number of carbonyl (C=O) groups excluding carboxylic acids is 2. The number of esters is 1. The SMILES string of the molecule is CCc1ccccc1N1C[C@@H](C(=O)O[C@@H](C)C#N)CC1=O. The minimum Gasteiger partial charge on any atom is -0.447 e. The molecule has 2 atom stereocenters. The van der Waals surface area contributed by atoms with E-state index >= 15 is 0 Å². The van der Waals surface area contributed by atoms with E-state index in [2.05, 4.69) is 0 Å². The Hall–Kier alpha value is -2.35. The van der Waals surface area contributed by atoms with Crippen LogP contribution in [0, 0.1) is 17.2 Å². The van der Waals surface area contributed by atoms with Gasteiger partial charge in [0.1, 0.15) is 6.07 Å². The summed E-state index contributed by atoms with van der Waals surface area (Å²) in [5.41, 5.74) is 1.93. The molecular formula is C16H18N2O3. The number of ether oxygens (including phenoxy) is 1. The Kier molecular flexibility index (Phi) is 4.59. The fourth-order valence-electron chi connectivity index (χ4n) is 2.47. The number of amides is 1. The number of rotatable bonds is 4. The zero-order valence-corrected chi connectivity index (χ0v) is 12.2. The maximum atomic E-state index is 12.2. The van der Waals surface area contributed by atoms with Crippen molar-refractivity contribution < 1.29 is 14.3 Å². The van der Waals surface area contributed by atoms with Crippen LogP contribution in [-0.4, -0.2) is 24.5 Å². The van der Waals surface area contributed by atoms with Crippen molar-refractivity contribution in [3.63, 3.8) is 0 Å². The molecule has 1 aliphatic heterocycles. The molecule has 1 amide bonds. The monoisotopic (exact) mass is 286 g/mol. The molecule has 21 heavy (non-hydrogen) atoms. The quantitative estimate of drug-likeness (QED) is 0.794. The second kappa shape index (κ2) is 6.40. The third kappa shape index (κ3) is 3.22. The first-order valence-corrected chi connectivity index (χ1v) is 7.05. The molecule has 0 radical (unpaired) electrons. The van der Waals surface area contributed by atoms with Gasteiger partial charge in [-0.25, -0.2) is 0 Å². The molecule has 110 valence electrons. The van der Waals surface area contributed by atoms with Crippen molar-refractivity contribution in [2.24, 2.45) is 5.92 Å². The molecule has 2 rings (SSSR count). The Balaban J connectivity index is 2.13. The van der Waals surface area contributed by atoms with Crippen molar-refractivity contribution in [3.05, 3.63) is 29.8 Å². The Morgan fingerprint density at radius 3 is 2.90 bits per heavy atom. The van der Waals surface area contributed by atoms with Crippen LogP contribution < -0.4 is 4.90 Å². The summed E-state index contributed by atoms with van der Waals surface area (Å²) in [4.78, 5) is 25.7. The fraction of sp³-hybridized carbons (Fsp3) is 0.438. The molecule has 0 spiro atoms. The van der Waals surface area contributed by atoms with Gasteiger partial charge in [-0.1, -0.05) is 25.1 Å². The number of para-hydroxylation sites is 1. The number of hydrogen-bond acceptors (Lipinski definition) is 4. The zero-order valence-electron chi connectivity index (χ0n) is 12.2. The van der Waals surface area contributed by atoms with Gasteiger partial charge in [0.25, 0.3) is 0 Å².